The van der Waals surface area contributed by atoms with Crippen molar-refractivity contribution in [3.63, 3.8) is 0 Å². The molecule has 3 saturated carbocycles. The molecule has 4 fully saturated rings. The Bertz CT molecular complexity index is 887. The maximum atomic E-state index is 12.7. The highest BCUT2D eigenvalue weighted by atomic mass is 28.3. The molecule has 226 valence electrons. The van der Waals surface area contributed by atoms with Gasteiger partial charge in [0.1, 0.15) is 31.4 Å². The van der Waals surface area contributed by atoms with Gasteiger partial charge in [0.05, 0.1) is 18.3 Å². The number of aliphatic hydroxyl groups is 2. The predicted octanol–water partition coefficient (Wildman–Crippen LogP) is 4.71. The second-order valence-corrected chi connectivity index (χ2v) is 20.5. The van der Waals surface area contributed by atoms with Crippen molar-refractivity contribution in [1.29, 1.82) is 0 Å². The van der Waals surface area contributed by atoms with E-state index in [2.05, 4.69) is 47.0 Å². The van der Waals surface area contributed by atoms with Gasteiger partial charge in [-0.2, -0.15) is 0 Å². The third kappa shape index (κ3) is 5.69. The maximum Gasteiger partial charge on any atom is 0.163 e. The Morgan fingerprint density at radius 2 is 1.67 bits per heavy atom. The molecule has 2 N–H and O–H groups in total. The Kier molecular flexibility index (Phi) is 8.94. The van der Waals surface area contributed by atoms with Crippen LogP contribution in [0.1, 0.15) is 60.3 Å². The summed E-state index contributed by atoms with van der Waals surface area (Å²) in [6.07, 6.45) is -0.00600. The van der Waals surface area contributed by atoms with Crippen LogP contribution in [-0.2, 0) is 28.4 Å². The van der Waals surface area contributed by atoms with Gasteiger partial charge in [-0.1, -0.05) is 47.0 Å². The molecular formula is C30H54O8Si. The van der Waals surface area contributed by atoms with Crippen LogP contribution in [0.5, 0.6) is 0 Å². The van der Waals surface area contributed by atoms with E-state index in [1.54, 1.807) is 7.11 Å². The van der Waals surface area contributed by atoms with Crippen LogP contribution in [0.25, 0.3) is 0 Å². The number of rotatable bonds is 9. The molecule has 1 heterocycles. The average molecular weight is 571 g/mol. The lowest BCUT2D eigenvalue weighted by Crippen LogP contribution is -2.74. The van der Waals surface area contributed by atoms with E-state index in [-0.39, 0.29) is 36.9 Å². The van der Waals surface area contributed by atoms with E-state index in [0.717, 1.165) is 30.9 Å². The number of aliphatic hydroxyl groups excluding tert-OH is 1. The van der Waals surface area contributed by atoms with Crippen molar-refractivity contribution in [1.82, 2.24) is 0 Å². The first-order valence-corrected chi connectivity index (χ1v) is 18.4. The zero-order valence-corrected chi connectivity index (χ0v) is 26.7. The third-order valence-electron chi connectivity index (χ3n) is 10.4. The van der Waals surface area contributed by atoms with Gasteiger partial charge < -0.3 is 38.6 Å². The van der Waals surface area contributed by atoms with Gasteiger partial charge in [-0.25, -0.2) is 0 Å². The summed E-state index contributed by atoms with van der Waals surface area (Å²) in [4.78, 5) is 0. The van der Waals surface area contributed by atoms with Crippen LogP contribution in [0, 0.1) is 22.7 Å². The summed E-state index contributed by atoms with van der Waals surface area (Å²) in [7, 11) is 0.410. The smallest absolute Gasteiger partial charge is 0.163 e. The molecule has 9 heteroatoms. The molecule has 3 aliphatic carbocycles. The average Bonchev–Trinajstić information content (AvgIpc) is 3.17. The molecule has 0 radical (unpaired) electrons. The second-order valence-electron chi connectivity index (χ2n) is 14.9. The lowest BCUT2D eigenvalue weighted by atomic mass is 9.46. The molecule has 2 bridgehead atoms. The van der Waals surface area contributed by atoms with Gasteiger partial charge in [0.25, 0.3) is 0 Å². The normalized spacial score (nSPS) is 43.4. The summed E-state index contributed by atoms with van der Waals surface area (Å²) in [6, 6.07) is 1.04. The fraction of sp³-hybridized carbons (Fsp3) is 0.933. The van der Waals surface area contributed by atoms with Gasteiger partial charge in [-0.3, -0.25) is 0 Å². The van der Waals surface area contributed by atoms with Gasteiger partial charge in [0, 0.05) is 32.6 Å². The van der Waals surface area contributed by atoms with E-state index in [0.29, 0.717) is 13.0 Å². The predicted molar refractivity (Wildman–Crippen MR) is 152 cm³/mol. The summed E-state index contributed by atoms with van der Waals surface area (Å²) < 4.78 is 36.5. The molecule has 0 aromatic rings. The zero-order chi connectivity index (χ0) is 29.0. The van der Waals surface area contributed by atoms with E-state index in [9.17, 15) is 10.2 Å². The van der Waals surface area contributed by atoms with Crippen molar-refractivity contribution in [3.05, 3.63) is 12.2 Å². The van der Waals surface area contributed by atoms with Gasteiger partial charge in [-0.15, -0.1) is 0 Å². The van der Waals surface area contributed by atoms with Crippen LogP contribution < -0.4 is 0 Å². The number of fused-ring (bicyclic) bond motifs is 6. The molecule has 1 saturated heterocycles. The Morgan fingerprint density at radius 1 is 1.00 bits per heavy atom. The fourth-order valence-electron chi connectivity index (χ4n) is 7.75. The Morgan fingerprint density at radius 3 is 2.31 bits per heavy atom. The van der Waals surface area contributed by atoms with Crippen molar-refractivity contribution in [2.45, 2.75) is 128 Å². The molecule has 4 aliphatic rings. The third-order valence-corrected chi connectivity index (χ3v) is 12.1. The molecule has 0 aromatic heterocycles. The molecule has 0 unspecified atom stereocenters. The molecule has 4 rings (SSSR count). The number of methoxy groups -OCH3 is 1. The number of hydrogen-bond acceptors (Lipinski definition) is 8. The van der Waals surface area contributed by atoms with Crippen LogP contribution in [0.2, 0.25) is 25.7 Å². The van der Waals surface area contributed by atoms with Gasteiger partial charge in [-0.05, 0) is 63.0 Å². The largest absolute Gasteiger partial charge is 0.387 e. The quantitative estimate of drug-likeness (QED) is 0.178. The van der Waals surface area contributed by atoms with Crippen LogP contribution in [-0.4, -0.2) is 87.5 Å². The first-order chi connectivity index (χ1) is 18.0. The molecule has 39 heavy (non-hydrogen) atoms. The highest BCUT2D eigenvalue weighted by molar-refractivity contribution is 6.76. The summed E-state index contributed by atoms with van der Waals surface area (Å²) in [6.45, 7) is 22.6. The van der Waals surface area contributed by atoms with Gasteiger partial charge >= 0.3 is 0 Å². The van der Waals surface area contributed by atoms with Crippen molar-refractivity contribution < 1.29 is 38.6 Å². The second kappa shape index (κ2) is 11.0. The van der Waals surface area contributed by atoms with E-state index in [1.165, 1.54) is 0 Å². The number of hydrogen-bond donors (Lipinski definition) is 2. The molecular weight excluding hydrogens is 516 g/mol. The summed E-state index contributed by atoms with van der Waals surface area (Å²) >= 11 is 0. The lowest BCUT2D eigenvalue weighted by Gasteiger charge is -2.63. The minimum atomic E-state index is -1.59. The standard InChI is InChI=1S/C30H54O8Si/c1-19-21-15-20-16-23(36-18-34-13-14-39(8,9)10)24(31)30(32,27(20,2)3)26-25(37-28(4,5)38-26)29(21,6)12-11-22(19)35-17-33-7/h20-26,31-32H,1,11-18H2,2-10H3/t20-,21-,22+,23-,24-,25+,26+,29-,30+/m1/s1. The van der Waals surface area contributed by atoms with Crippen molar-refractivity contribution in [3.8, 4) is 0 Å². The summed E-state index contributed by atoms with van der Waals surface area (Å²) in [5.74, 6) is -0.795. The van der Waals surface area contributed by atoms with Gasteiger partial charge in [0.15, 0.2) is 5.79 Å². The van der Waals surface area contributed by atoms with E-state index >= 15 is 0 Å². The van der Waals surface area contributed by atoms with Crippen LogP contribution >= 0.6 is 0 Å². The van der Waals surface area contributed by atoms with Crippen molar-refractivity contribution >= 4 is 8.07 Å². The van der Waals surface area contributed by atoms with Crippen LogP contribution in [0.4, 0.5) is 0 Å². The Hall–Kier alpha value is -0.363. The topological polar surface area (TPSA) is 95.8 Å². The minimum absolute atomic E-state index is 0.0356. The first-order valence-electron chi connectivity index (χ1n) is 14.7. The van der Waals surface area contributed by atoms with Crippen LogP contribution in [0.3, 0.4) is 0 Å². The van der Waals surface area contributed by atoms with E-state index in [1.807, 2.05) is 13.8 Å². The Balaban J connectivity index is 1.67. The zero-order valence-electron chi connectivity index (χ0n) is 25.7. The van der Waals surface area contributed by atoms with E-state index < -0.39 is 49.3 Å². The molecule has 0 spiro atoms. The lowest BCUT2D eigenvalue weighted by molar-refractivity contribution is -0.301. The van der Waals surface area contributed by atoms with Crippen molar-refractivity contribution in [2.24, 2.45) is 22.7 Å². The van der Waals surface area contributed by atoms with E-state index in [4.69, 9.17) is 28.4 Å². The summed E-state index contributed by atoms with van der Waals surface area (Å²) in [5, 5.41) is 24.5. The monoisotopic (exact) mass is 570 g/mol. The molecule has 1 aliphatic heterocycles. The Labute approximate surface area is 236 Å². The minimum Gasteiger partial charge on any atom is -0.387 e. The highest BCUT2D eigenvalue weighted by Gasteiger charge is 2.72. The van der Waals surface area contributed by atoms with Crippen LogP contribution in [0.15, 0.2) is 12.2 Å². The fourth-order valence-corrected chi connectivity index (χ4v) is 8.51. The van der Waals surface area contributed by atoms with Crippen molar-refractivity contribution in [2.75, 3.05) is 27.3 Å². The summed E-state index contributed by atoms with van der Waals surface area (Å²) in [5.41, 5.74) is -1.57. The molecule has 0 aromatic carbocycles. The van der Waals surface area contributed by atoms with Gasteiger partial charge in [0.2, 0.25) is 0 Å². The highest BCUT2D eigenvalue weighted by Crippen LogP contribution is 2.64. The molecule has 0 amide bonds. The maximum absolute atomic E-state index is 12.7. The SMILES string of the molecule is C=C1[C@@H](OCOC)CC[C@]2(C)[C@@H]1C[C@@H]1C[C@@H](OCOCC[Si](C)(C)C)[C@@H](O)[C@](O)([C@H]3OC(C)(C)O[C@@H]32)C1(C)C. The number of ether oxygens (including phenoxy) is 6. The first kappa shape index (κ1) is 31.6. The molecule has 9 atom stereocenters. The molecule has 8 nitrogen and oxygen atoms in total.